The fourth-order valence-corrected chi connectivity index (χ4v) is 2.69. The fraction of sp³-hybridized carbons (Fsp3) is 0.562. The highest BCUT2D eigenvalue weighted by atomic mass is 35.5. The number of carbonyl (C=O) groups excluding carboxylic acids is 1. The van der Waals surface area contributed by atoms with E-state index >= 15 is 0 Å². The summed E-state index contributed by atoms with van der Waals surface area (Å²) in [7, 11) is 0. The first-order valence-corrected chi connectivity index (χ1v) is 7.47. The molecular formula is C16H27Cl2N3O. The van der Waals surface area contributed by atoms with Gasteiger partial charge in [0.25, 0.3) is 0 Å². The molecule has 4 nitrogen and oxygen atoms in total. The summed E-state index contributed by atoms with van der Waals surface area (Å²) in [6.45, 7) is 5.01. The summed E-state index contributed by atoms with van der Waals surface area (Å²) in [6.07, 6.45) is 2.90. The smallest absolute Gasteiger partial charge is 0.222 e. The Balaban J connectivity index is 0.00000220. The van der Waals surface area contributed by atoms with E-state index in [1.165, 1.54) is 12.8 Å². The van der Waals surface area contributed by atoms with E-state index in [1.807, 2.05) is 25.1 Å². The Hall–Kier alpha value is -0.810. The second kappa shape index (κ2) is 10.8. The van der Waals surface area contributed by atoms with Crippen LogP contribution >= 0.6 is 24.8 Å². The zero-order valence-corrected chi connectivity index (χ0v) is 14.7. The largest absolute Gasteiger partial charge is 0.348 e. The predicted molar refractivity (Wildman–Crippen MR) is 95.8 cm³/mol. The van der Waals surface area contributed by atoms with E-state index < -0.39 is 0 Å². The number of nitrogens with zero attached hydrogens (tertiary/aromatic N) is 1. The van der Waals surface area contributed by atoms with Gasteiger partial charge in [0.15, 0.2) is 0 Å². The summed E-state index contributed by atoms with van der Waals surface area (Å²) >= 11 is 0. The number of likely N-dealkylation sites (tertiary alicyclic amines) is 1. The lowest BCUT2D eigenvalue weighted by molar-refractivity contribution is -0.122. The molecule has 1 fully saturated rings. The molecule has 3 N–H and O–H groups in total. The highest BCUT2D eigenvalue weighted by molar-refractivity contribution is 5.85. The third kappa shape index (κ3) is 6.97. The van der Waals surface area contributed by atoms with Crippen molar-refractivity contribution in [1.82, 2.24) is 10.2 Å². The van der Waals surface area contributed by atoms with Crippen LogP contribution in [0, 0.1) is 0 Å². The predicted octanol–water partition coefficient (Wildman–Crippen LogP) is 2.52. The van der Waals surface area contributed by atoms with Crippen molar-refractivity contribution in [1.29, 1.82) is 0 Å². The Morgan fingerprint density at radius 3 is 2.36 bits per heavy atom. The van der Waals surface area contributed by atoms with Crippen LogP contribution < -0.4 is 11.1 Å². The topological polar surface area (TPSA) is 58.4 Å². The van der Waals surface area contributed by atoms with Crippen molar-refractivity contribution in [2.45, 2.75) is 38.3 Å². The van der Waals surface area contributed by atoms with E-state index in [4.69, 9.17) is 5.73 Å². The van der Waals surface area contributed by atoms with Crippen molar-refractivity contribution >= 4 is 30.7 Å². The van der Waals surface area contributed by atoms with Crippen LogP contribution in [0.4, 0.5) is 0 Å². The van der Waals surface area contributed by atoms with Crippen LogP contribution in [-0.2, 0) is 4.79 Å². The van der Waals surface area contributed by atoms with Crippen LogP contribution in [0.15, 0.2) is 30.3 Å². The molecule has 2 atom stereocenters. The molecule has 22 heavy (non-hydrogen) atoms. The Bertz CT molecular complexity index is 423. The van der Waals surface area contributed by atoms with Gasteiger partial charge < -0.3 is 16.0 Å². The van der Waals surface area contributed by atoms with E-state index in [2.05, 4.69) is 22.3 Å². The summed E-state index contributed by atoms with van der Waals surface area (Å²) in [6, 6.07) is 10.1. The van der Waals surface area contributed by atoms with Crippen LogP contribution in [0.3, 0.4) is 0 Å². The highest BCUT2D eigenvalue weighted by Gasteiger charge is 2.20. The molecule has 1 aliphatic rings. The number of hydrogen-bond donors (Lipinski definition) is 2. The van der Waals surface area contributed by atoms with Gasteiger partial charge in [0.1, 0.15) is 0 Å². The number of nitrogens with one attached hydrogen (secondary N) is 1. The van der Waals surface area contributed by atoms with Crippen LogP contribution in [0.5, 0.6) is 0 Å². The monoisotopic (exact) mass is 347 g/mol. The van der Waals surface area contributed by atoms with Crippen molar-refractivity contribution in [3.8, 4) is 0 Å². The second-order valence-corrected chi connectivity index (χ2v) is 5.72. The number of rotatable bonds is 6. The highest BCUT2D eigenvalue weighted by Crippen LogP contribution is 2.17. The molecule has 1 aromatic rings. The first kappa shape index (κ1) is 21.2. The quantitative estimate of drug-likeness (QED) is 0.831. The summed E-state index contributed by atoms with van der Waals surface area (Å²) in [4.78, 5) is 14.4. The molecule has 2 unspecified atom stereocenters. The molecule has 0 aromatic heterocycles. The van der Waals surface area contributed by atoms with Gasteiger partial charge in [-0.1, -0.05) is 30.3 Å². The molecule has 1 saturated heterocycles. The summed E-state index contributed by atoms with van der Waals surface area (Å²) < 4.78 is 0. The summed E-state index contributed by atoms with van der Waals surface area (Å²) in [5.74, 6) is 0.0352. The number of nitrogens with two attached hydrogens (primary N) is 1. The van der Waals surface area contributed by atoms with E-state index in [-0.39, 0.29) is 42.8 Å². The molecule has 126 valence electrons. The molecule has 0 bridgehead atoms. The minimum absolute atomic E-state index is 0. The first-order valence-electron chi connectivity index (χ1n) is 7.47. The van der Waals surface area contributed by atoms with Crippen LogP contribution in [0.1, 0.15) is 37.8 Å². The summed E-state index contributed by atoms with van der Waals surface area (Å²) in [5.41, 5.74) is 6.86. The van der Waals surface area contributed by atoms with Gasteiger partial charge in [-0.25, -0.2) is 0 Å². The summed E-state index contributed by atoms with van der Waals surface area (Å²) in [5, 5.41) is 3.13. The number of benzene rings is 1. The van der Waals surface area contributed by atoms with Crippen LogP contribution in [0.2, 0.25) is 0 Å². The molecule has 6 heteroatoms. The Morgan fingerprint density at radius 2 is 1.82 bits per heavy atom. The normalized spacial score (nSPS) is 17.0. The fourth-order valence-electron chi connectivity index (χ4n) is 2.69. The van der Waals surface area contributed by atoms with Crippen molar-refractivity contribution in [3.05, 3.63) is 35.9 Å². The molecule has 1 heterocycles. The van der Waals surface area contributed by atoms with Gasteiger partial charge in [-0.3, -0.25) is 4.79 Å². The van der Waals surface area contributed by atoms with Gasteiger partial charge in [0.2, 0.25) is 5.91 Å². The molecular weight excluding hydrogens is 321 g/mol. The lowest BCUT2D eigenvalue weighted by atomic mass is 10.1. The molecule has 0 aliphatic carbocycles. The zero-order valence-electron chi connectivity index (χ0n) is 13.0. The molecule has 0 saturated carbocycles. The maximum absolute atomic E-state index is 12.0. The number of amides is 1. The minimum Gasteiger partial charge on any atom is -0.348 e. The van der Waals surface area contributed by atoms with Gasteiger partial charge in [-0.05, 0) is 38.4 Å². The zero-order chi connectivity index (χ0) is 14.4. The van der Waals surface area contributed by atoms with Gasteiger partial charge in [-0.2, -0.15) is 0 Å². The van der Waals surface area contributed by atoms with Crippen molar-refractivity contribution < 1.29 is 4.79 Å². The van der Waals surface area contributed by atoms with E-state index in [1.54, 1.807) is 0 Å². The first-order chi connectivity index (χ1) is 9.65. The average molecular weight is 348 g/mol. The lowest BCUT2D eigenvalue weighted by Crippen LogP contribution is -2.38. The van der Waals surface area contributed by atoms with Crippen molar-refractivity contribution in [3.63, 3.8) is 0 Å². The van der Waals surface area contributed by atoms with Gasteiger partial charge >= 0.3 is 0 Å². The lowest BCUT2D eigenvalue weighted by Gasteiger charge is -2.25. The standard InChI is InChI=1S/C16H25N3O.2ClH/c1-13(17)11-16(20)18-15(12-19-9-5-6-10-19)14-7-3-2-4-8-14;;/h2-4,7-8,13,15H,5-6,9-12,17H2,1H3,(H,18,20);2*1H. The van der Waals surface area contributed by atoms with Gasteiger partial charge in [-0.15, -0.1) is 24.8 Å². The Morgan fingerprint density at radius 1 is 1.23 bits per heavy atom. The van der Waals surface area contributed by atoms with Crippen molar-refractivity contribution in [2.75, 3.05) is 19.6 Å². The number of halogens is 2. The van der Waals surface area contributed by atoms with E-state index in [0.29, 0.717) is 6.42 Å². The van der Waals surface area contributed by atoms with Crippen molar-refractivity contribution in [2.24, 2.45) is 5.73 Å². The SMILES string of the molecule is CC(N)CC(=O)NC(CN1CCCC1)c1ccccc1.Cl.Cl. The maximum Gasteiger partial charge on any atom is 0.222 e. The Kier molecular flexibility index (Phi) is 10.4. The maximum atomic E-state index is 12.0. The number of carbonyl (C=O) groups is 1. The molecule has 0 radical (unpaired) electrons. The van der Waals surface area contributed by atoms with Crippen LogP contribution in [0.25, 0.3) is 0 Å². The Labute approximate surface area is 145 Å². The number of hydrogen-bond acceptors (Lipinski definition) is 3. The molecule has 1 aliphatic heterocycles. The molecule has 1 aromatic carbocycles. The third-order valence-corrected chi connectivity index (χ3v) is 3.68. The van der Waals surface area contributed by atoms with E-state index in [9.17, 15) is 4.79 Å². The van der Waals surface area contributed by atoms with E-state index in [0.717, 1.165) is 25.2 Å². The molecule has 1 amide bonds. The minimum atomic E-state index is -0.0989. The van der Waals surface area contributed by atoms with Gasteiger partial charge in [0, 0.05) is 19.0 Å². The van der Waals surface area contributed by atoms with Gasteiger partial charge in [0.05, 0.1) is 6.04 Å². The third-order valence-electron chi connectivity index (χ3n) is 3.68. The second-order valence-electron chi connectivity index (χ2n) is 5.72. The van der Waals surface area contributed by atoms with Crippen LogP contribution in [-0.4, -0.2) is 36.5 Å². The molecule has 2 rings (SSSR count). The molecule has 0 spiro atoms. The average Bonchev–Trinajstić information content (AvgIpc) is 2.91.